The Morgan fingerprint density at radius 2 is 1.29 bits per heavy atom. The standard InChI is InChI=1S/C9H24O12P2Si/c1-16-24(17-2,18-3)6-4-5-19-9(7-20-22(10,11)12)8-21-23(13,14)15/h9H,4-8H2,1-3H3,(H2,10,11,12)(H2,13,14,15). The second-order valence-electron chi connectivity index (χ2n) is 4.46. The molecule has 0 aromatic carbocycles. The maximum atomic E-state index is 10.7. The maximum absolute atomic E-state index is 10.7. The molecule has 4 N–H and O–H groups in total. The fraction of sp³-hybridized carbons (Fsp3) is 1.00. The van der Waals surface area contributed by atoms with E-state index in [9.17, 15) is 9.13 Å². The average molecular weight is 414 g/mol. The first kappa shape index (κ1) is 24.3. The predicted octanol–water partition coefficient (Wildman–Crippen LogP) is -0.142. The van der Waals surface area contributed by atoms with E-state index in [4.69, 9.17) is 37.6 Å². The lowest BCUT2D eigenvalue weighted by Crippen LogP contribution is -2.42. The highest BCUT2D eigenvalue weighted by atomic mass is 31.2. The van der Waals surface area contributed by atoms with Gasteiger partial charge in [-0.2, -0.15) is 0 Å². The van der Waals surface area contributed by atoms with Crippen LogP contribution in [0.4, 0.5) is 0 Å². The van der Waals surface area contributed by atoms with Gasteiger partial charge >= 0.3 is 24.4 Å². The maximum Gasteiger partial charge on any atom is 0.500 e. The summed E-state index contributed by atoms with van der Waals surface area (Å²) < 4.78 is 50.8. The minimum atomic E-state index is -4.75. The number of hydrogen-bond acceptors (Lipinski definition) is 8. The van der Waals surface area contributed by atoms with Crippen LogP contribution in [0.5, 0.6) is 0 Å². The summed E-state index contributed by atoms with van der Waals surface area (Å²) in [6, 6.07) is 0.405. The highest BCUT2D eigenvalue weighted by Crippen LogP contribution is 2.38. The molecule has 0 heterocycles. The lowest BCUT2D eigenvalue weighted by Gasteiger charge is -2.24. The van der Waals surface area contributed by atoms with Crippen LogP contribution in [0.1, 0.15) is 6.42 Å². The van der Waals surface area contributed by atoms with Gasteiger partial charge in [0, 0.05) is 34.0 Å². The van der Waals surface area contributed by atoms with Gasteiger partial charge in [0.2, 0.25) is 0 Å². The first-order valence-electron chi connectivity index (χ1n) is 6.64. The second-order valence-corrected chi connectivity index (χ2v) is 10.0. The molecule has 0 aliphatic carbocycles. The number of ether oxygens (including phenoxy) is 1. The Labute approximate surface area is 140 Å². The van der Waals surface area contributed by atoms with E-state index in [0.717, 1.165) is 0 Å². The summed E-state index contributed by atoms with van der Waals surface area (Å²) in [4.78, 5) is 34.7. The molecule has 0 saturated heterocycles. The quantitative estimate of drug-likeness (QED) is 0.169. The Morgan fingerprint density at radius 1 is 0.875 bits per heavy atom. The van der Waals surface area contributed by atoms with Crippen LogP contribution < -0.4 is 0 Å². The van der Waals surface area contributed by atoms with Crippen molar-refractivity contribution in [1.29, 1.82) is 0 Å². The number of hydrogen-bond donors (Lipinski definition) is 4. The van der Waals surface area contributed by atoms with Crippen molar-refractivity contribution >= 4 is 24.4 Å². The molecule has 0 aromatic rings. The molecule has 0 bridgehead atoms. The Morgan fingerprint density at radius 3 is 1.62 bits per heavy atom. The fourth-order valence-electron chi connectivity index (χ4n) is 1.60. The third-order valence-electron chi connectivity index (χ3n) is 2.77. The summed E-state index contributed by atoms with van der Waals surface area (Å²) >= 11 is 0. The molecule has 0 spiro atoms. The van der Waals surface area contributed by atoms with Crippen LogP contribution in [0.15, 0.2) is 0 Å². The van der Waals surface area contributed by atoms with Crippen molar-refractivity contribution in [2.24, 2.45) is 0 Å². The molecule has 0 atom stereocenters. The van der Waals surface area contributed by atoms with Crippen LogP contribution >= 0.6 is 15.6 Å². The molecule has 0 saturated carbocycles. The van der Waals surface area contributed by atoms with Gasteiger partial charge in [0.15, 0.2) is 0 Å². The molecule has 0 aromatic heterocycles. The molecule has 15 heteroatoms. The Bertz CT molecular complexity index is 398. The smallest absolute Gasteiger partial charge is 0.377 e. The zero-order valence-corrected chi connectivity index (χ0v) is 16.4. The summed E-state index contributed by atoms with van der Waals surface area (Å²) in [6.45, 7) is -1.14. The van der Waals surface area contributed by atoms with Crippen molar-refractivity contribution in [2.45, 2.75) is 18.6 Å². The van der Waals surface area contributed by atoms with Gasteiger partial charge in [-0.25, -0.2) is 9.13 Å². The van der Waals surface area contributed by atoms with Gasteiger partial charge in [0.25, 0.3) is 0 Å². The lowest BCUT2D eigenvalue weighted by atomic mass is 10.4. The van der Waals surface area contributed by atoms with Gasteiger partial charge in [0.05, 0.1) is 13.2 Å². The first-order valence-corrected chi connectivity index (χ1v) is 11.6. The van der Waals surface area contributed by atoms with Crippen molar-refractivity contribution in [3.8, 4) is 0 Å². The largest absolute Gasteiger partial charge is 0.500 e. The van der Waals surface area contributed by atoms with Gasteiger partial charge in [0.1, 0.15) is 6.10 Å². The molecule has 0 aliphatic heterocycles. The van der Waals surface area contributed by atoms with E-state index in [0.29, 0.717) is 12.5 Å². The van der Waals surface area contributed by atoms with Crippen molar-refractivity contribution in [3.63, 3.8) is 0 Å². The summed E-state index contributed by atoms with van der Waals surface area (Å²) in [7, 11) is -7.92. The van der Waals surface area contributed by atoms with E-state index < -0.39 is 43.8 Å². The van der Waals surface area contributed by atoms with Crippen molar-refractivity contribution < 1.29 is 55.8 Å². The van der Waals surface area contributed by atoms with E-state index in [2.05, 4.69) is 9.05 Å². The van der Waals surface area contributed by atoms with Crippen molar-refractivity contribution in [3.05, 3.63) is 0 Å². The van der Waals surface area contributed by atoms with Gasteiger partial charge in [-0.1, -0.05) is 0 Å². The fourth-order valence-corrected chi connectivity index (χ4v) is 4.01. The summed E-state index contributed by atoms with van der Waals surface area (Å²) in [6.07, 6.45) is -0.682. The lowest BCUT2D eigenvalue weighted by molar-refractivity contribution is -0.0196. The average Bonchev–Trinajstić information content (AvgIpc) is 2.48. The van der Waals surface area contributed by atoms with E-state index in [-0.39, 0.29) is 6.61 Å². The van der Waals surface area contributed by atoms with Gasteiger partial charge < -0.3 is 37.6 Å². The second kappa shape index (κ2) is 11.1. The highest BCUT2D eigenvalue weighted by molar-refractivity contribution is 7.46. The first-order chi connectivity index (χ1) is 11.0. The molecule has 146 valence electrons. The number of phosphoric ester groups is 2. The zero-order chi connectivity index (χ0) is 18.9. The minimum Gasteiger partial charge on any atom is -0.377 e. The van der Waals surface area contributed by atoms with E-state index in [1.165, 1.54) is 21.3 Å². The van der Waals surface area contributed by atoms with Crippen LogP contribution in [0.2, 0.25) is 6.04 Å². The Kier molecular flexibility index (Phi) is 11.2. The Hall–Kier alpha value is 0.277. The molecule has 0 unspecified atom stereocenters. The molecule has 0 radical (unpaired) electrons. The molecule has 0 fully saturated rings. The summed E-state index contributed by atoms with van der Waals surface area (Å²) in [5, 5.41) is 0. The van der Waals surface area contributed by atoms with E-state index in [1.807, 2.05) is 0 Å². The molecular formula is C9H24O12P2Si. The highest BCUT2D eigenvalue weighted by Gasteiger charge is 2.37. The van der Waals surface area contributed by atoms with Crippen LogP contribution in [0, 0.1) is 0 Å². The topological polar surface area (TPSA) is 170 Å². The molecule has 0 rings (SSSR count). The van der Waals surface area contributed by atoms with E-state index >= 15 is 0 Å². The van der Waals surface area contributed by atoms with Gasteiger partial charge in [-0.15, -0.1) is 0 Å². The number of rotatable bonds is 14. The van der Waals surface area contributed by atoms with Gasteiger partial charge in [-0.3, -0.25) is 9.05 Å². The molecule has 0 amide bonds. The van der Waals surface area contributed by atoms with Crippen LogP contribution in [0.25, 0.3) is 0 Å². The van der Waals surface area contributed by atoms with Crippen LogP contribution in [0.3, 0.4) is 0 Å². The van der Waals surface area contributed by atoms with Crippen molar-refractivity contribution in [1.82, 2.24) is 0 Å². The SMILES string of the molecule is CO[Si](CCCOC(COP(=O)(O)O)COP(=O)(O)O)(OC)OC. The van der Waals surface area contributed by atoms with Gasteiger partial charge in [-0.05, 0) is 6.42 Å². The third kappa shape index (κ3) is 11.8. The summed E-state index contributed by atoms with van der Waals surface area (Å²) in [5.41, 5.74) is 0. The monoisotopic (exact) mass is 414 g/mol. The minimum absolute atomic E-state index is 0.0739. The molecular weight excluding hydrogens is 390 g/mol. The summed E-state index contributed by atoms with van der Waals surface area (Å²) in [5.74, 6) is 0. The van der Waals surface area contributed by atoms with Crippen molar-refractivity contribution in [2.75, 3.05) is 41.2 Å². The Balaban J connectivity index is 4.43. The zero-order valence-electron chi connectivity index (χ0n) is 13.6. The normalized spacial score (nSPS) is 13.7. The van der Waals surface area contributed by atoms with E-state index in [1.54, 1.807) is 0 Å². The van der Waals surface area contributed by atoms with Crippen LogP contribution in [-0.2, 0) is 36.2 Å². The molecule has 24 heavy (non-hydrogen) atoms. The predicted molar refractivity (Wildman–Crippen MR) is 81.9 cm³/mol. The van der Waals surface area contributed by atoms with Crippen LogP contribution in [-0.4, -0.2) is 75.6 Å². The molecule has 12 nitrogen and oxygen atoms in total. The number of phosphoric acid groups is 2. The third-order valence-corrected chi connectivity index (χ3v) is 6.57. The molecule has 0 aliphatic rings.